The van der Waals surface area contributed by atoms with Crippen molar-refractivity contribution in [3.05, 3.63) is 29.6 Å². The molecule has 0 saturated carbocycles. The minimum Gasteiger partial charge on any atom is -0.490 e. The third-order valence-corrected chi connectivity index (χ3v) is 2.66. The molecule has 0 aliphatic carbocycles. The van der Waals surface area contributed by atoms with Crippen LogP contribution in [0, 0.1) is 12.7 Å². The Kier molecular flexibility index (Phi) is 4.74. The van der Waals surface area contributed by atoms with Crippen LogP contribution in [0.4, 0.5) is 4.39 Å². The fourth-order valence-electron chi connectivity index (χ4n) is 1.58. The van der Waals surface area contributed by atoms with Gasteiger partial charge in [0.05, 0.1) is 6.10 Å². The molecule has 0 bridgehead atoms. The number of halogens is 1. The van der Waals surface area contributed by atoms with Gasteiger partial charge in [0, 0.05) is 12.1 Å². The summed E-state index contributed by atoms with van der Waals surface area (Å²) in [5.41, 5.74) is 0.963. The first-order valence-electron chi connectivity index (χ1n) is 5.63. The molecule has 0 aliphatic heterocycles. The second-order valence-corrected chi connectivity index (χ2v) is 4.26. The van der Waals surface area contributed by atoms with Gasteiger partial charge in [-0.25, -0.2) is 4.39 Å². The van der Waals surface area contributed by atoms with Crippen LogP contribution < -0.4 is 10.1 Å². The first-order chi connectivity index (χ1) is 7.52. The van der Waals surface area contributed by atoms with Crippen molar-refractivity contribution in [2.45, 2.75) is 39.3 Å². The molecule has 2 nitrogen and oxygen atoms in total. The average Bonchev–Trinajstić information content (AvgIpc) is 2.23. The summed E-state index contributed by atoms with van der Waals surface area (Å²) in [4.78, 5) is 0. The Labute approximate surface area is 96.8 Å². The molecule has 1 aromatic carbocycles. The molecule has 3 heteroatoms. The van der Waals surface area contributed by atoms with E-state index in [9.17, 15) is 4.39 Å². The van der Waals surface area contributed by atoms with E-state index in [1.165, 1.54) is 12.1 Å². The fraction of sp³-hybridized carbons (Fsp3) is 0.538. The maximum Gasteiger partial charge on any atom is 0.126 e. The summed E-state index contributed by atoms with van der Waals surface area (Å²) in [6, 6.07) is 5.02. The van der Waals surface area contributed by atoms with Crippen molar-refractivity contribution >= 4 is 0 Å². The zero-order valence-electron chi connectivity index (χ0n) is 10.4. The second-order valence-electron chi connectivity index (χ2n) is 4.26. The quantitative estimate of drug-likeness (QED) is 0.832. The van der Waals surface area contributed by atoms with Crippen LogP contribution in [0.1, 0.15) is 25.8 Å². The largest absolute Gasteiger partial charge is 0.490 e. The van der Waals surface area contributed by atoms with Gasteiger partial charge in [0.1, 0.15) is 11.6 Å². The van der Waals surface area contributed by atoms with Gasteiger partial charge in [0.25, 0.3) is 0 Å². The fourth-order valence-corrected chi connectivity index (χ4v) is 1.58. The van der Waals surface area contributed by atoms with Crippen LogP contribution in [-0.2, 0) is 0 Å². The maximum atomic E-state index is 13.0. The molecule has 0 fully saturated rings. The van der Waals surface area contributed by atoms with E-state index in [4.69, 9.17) is 4.74 Å². The predicted molar refractivity (Wildman–Crippen MR) is 64.4 cm³/mol. The molecule has 0 heterocycles. The van der Waals surface area contributed by atoms with Gasteiger partial charge in [-0.3, -0.25) is 0 Å². The van der Waals surface area contributed by atoms with E-state index in [-0.39, 0.29) is 11.9 Å². The number of hydrogen-bond acceptors (Lipinski definition) is 2. The summed E-state index contributed by atoms with van der Waals surface area (Å²) in [5, 5.41) is 3.15. The van der Waals surface area contributed by atoms with Gasteiger partial charge in [0.15, 0.2) is 0 Å². The van der Waals surface area contributed by atoms with E-state index in [2.05, 4.69) is 12.2 Å². The van der Waals surface area contributed by atoms with Crippen LogP contribution in [0.15, 0.2) is 18.2 Å². The van der Waals surface area contributed by atoms with E-state index >= 15 is 0 Å². The zero-order valence-corrected chi connectivity index (χ0v) is 10.4. The lowest BCUT2D eigenvalue weighted by Crippen LogP contribution is -2.28. The smallest absolute Gasteiger partial charge is 0.126 e. The van der Waals surface area contributed by atoms with Crippen LogP contribution in [-0.4, -0.2) is 19.2 Å². The molecule has 0 spiro atoms. The van der Waals surface area contributed by atoms with E-state index in [1.807, 2.05) is 20.9 Å². The van der Waals surface area contributed by atoms with E-state index in [1.54, 1.807) is 6.07 Å². The summed E-state index contributed by atoms with van der Waals surface area (Å²) in [6.07, 6.45) is 0.967. The minimum absolute atomic E-state index is 0.0722. The van der Waals surface area contributed by atoms with Gasteiger partial charge < -0.3 is 10.1 Å². The van der Waals surface area contributed by atoms with Crippen molar-refractivity contribution < 1.29 is 9.13 Å². The number of nitrogens with one attached hydrogen (secondary N) is 1. The van der Waals surface area contributed by atoms with E-state index in [0.717, 1.165) is 12.0 Å². The molecule has 16 heavy (non-hydrogen) atoms. The first kappa shape index (κ1) is 13.0. The summed E-state index contributed by atoms with van der Waals surface area (Å²) < 4.78 is 18.8. The Balaban J connectivity index is 2.61. The summed E-state index contributed by atoms with van der Waals surface area (Å²) in [5.74, 6) is 0.380. The number of aryl methyl sites for hydroxylation is 1. The Morgan fingerprint density at radius 1 is 1.38 bits per heavy atom. The summed E-state index contributed by atoms with van der Waals surface area (Å²) >= 11 is 0. The number of ether oxygens (including phenoxy) is 1. The molecule has 1 aromatic rings. The highest BCUT2D eigenvalue weighted by Gasteiger charge is 2.10. The first-order valence-corrected chi connectivity index (χ1v) is 5.63. The predicted octanol–water partition coefficient (Wildman–Crippen LogP) is 2.90. The van der Waals surface area contributed by atoms with Crippen molar-refractivity contribution in [3.63, 3.8) is 0 Å². The number of rotatable bonds is 5. The molecule has 0 radical (unpaired) electrons. The average molecular weight is 225 g/mol. The van der Waals surface area contributed by atoms with Gasteiger partial charge in [0.2, 0.25) is 0 Å². The molecular formula is C13H20FNO. The van der Waals surface area contributed by atoms with E-state index < -0.39 is 0 Å². The minimum atomic E-state index is -0.255. The van der Waals surface area contributed by atoms with Crippen molar-refractivity contribution in [1.82, 2.24) is 5.32 Å². The molecule has 1 N–H and O–H groups in total. The molecular weight excluding hydrogens is 205 g/mol. The summed E-state index contributed by atoms with van der Waals surface area (Å²) in [7, 11) is 1.92. The standard InChI is InChI=1S/C13H20FNO/c1-9-5-6-12(14)8-13(9)16-11(3)7-10(2)15-4/h5-6,8,10-11,15H,7H2,1-4H3. The topological polar surface area (TPSA) is 21.3 Å². The van der Waals surface area contributed by atoms with Crippen molar-refractivity contribution in [2.75, 3.05) is 7.05 Å². The van der Waals surface area contributed by atoms with Crippen molar-refractivity contribution in [1.29, 1.82) is 0 Å². The van der Waals surface area contributed by atoms with Crippen molar-refractivity contribution in [3.8, 4) is 5.75 Å². The van der Waals surface area contributed by atoms with Gasteiger partial charge in [-0.1, -0.05) is 6.07 Å². The molecule has 2 unspecified atom stereocenters. The van der Waals surface area contributed by atoms with E-state index in [0.29, 0.717) is 11.8 Å². The Bertz CT molecular complexity index is 341. The maximum absolute atomic E-state index is 13.0. The van der Waals surface area contributed by atoms with Crippen molar-refractivity contribution in [2.24, 2.45) is 0 Å². The highest BCUT2D eigenvalue weighted by molar-refractivity contribution is 5.32. The monoisotopic (exact) mass is 225 g/mol. The van der Waals surface area contributed by atoms with Crippen LogP contribution in [0.3, 0.4) is 0 Å². The van der Waals surface area contributed by atoms with Crippen LogP contribution in [0.25, 0.3) is 0 Å². The molecule has 0 aliphatic rings. The third-order valence-electron chi connectivity index (χ3n) is 2.66. The Morgan fingerprint density at radius 3 is 2.69 bits per heavy atom. The number of hydrogen-bond donors (Lipinski definition) is 1. The molecule has 1 rings (SSSR count). The van der Waals surface area contributed by atoms with Crippen LogP contribution in [0.2, 0.25) is 0 Å². The highest BCUT2D eigenvalue weighted by Crippen LogP contribution is 2.21. The SMILES string of the molecule is CNC(C)CC(C)Oc1cc(F)ccc1C. The third kappa shape index (κ3) is 3.81. The Hall–Kier alpha value is -1.09. The van der Waals surface area contributed by atoms with Crippen LogP contribution >= 0.6 is 0 Å². The molecule has 0 saturated heterocycles. The number of benzene rings is 1. The lowest BCUT2D eigenvalue weighted by atomic mass is 10.1. The Morgan fingerprint density at radius 2 is 2.06 bits per heavy atom. The second kappa shape index (κ2) is 5.85. The normalized spacial score (nSPS) is 14.6. The molecule has 90 valence electrons. The van der Waals surface area contributed by atoms with Gasteiger partial charge >= 0.3 is 0 Å². The van der Waals surface area contributed by atoms with Gasteiger partial charge in [-0.2, -0.15) is 0 Å². The molecule has 0 aromatic heterocycles. The molecule has 2 atom stereocenters. The molecule has 0 amide bonds. The van der Waals surface area contributed by atoms with Crippen LogP contribution in [0.5, 0.6) is 5.75 Å². The highest BCUT2D eigenvalue weighted by atomic mass is 19.1. The lowest BCUT2D eigenvalue weighted by Gasteiger charge is -2.19. The zero-order chi connectivity index (χ0) is 12.1. The summed E-state index contributed by atoms with van der Waals surface area (Å²) in [6.45, 7) is 6.01. The lowest BCUT2D eigenvalue weighted by molar-refractivity contribution is 0.196. The van der Waals surface area contributed by atoms with Gasteiger partial charge in [-0.05, 0) is 45.9 Å². The van der Waals surface area contributed by atoms with Gasteiger partial charge in [-0.15, -0.1) is 0 Å².